The Morgan fingerprint density at radius 2 is 2.40 bits per heavy atom. The average Bonchev–Trinajstić information content (AvgIpc) is 2.15. The Balaban J connectivity index is 2.33. The average molecular weight is 142 g/mol. The van der Waals surface area contributed by atoms with Crippen molar-refractivity contribution in [1.29, 1.82) is 0 Å². The van der Waals surface area contributed by atoms with Gasteiger partial charge in [0.25, 0.3) is 0 Å². The number of likely N-dealkylation sites (tertiary alicyclic amines) is 1. The van der Waals surface area contributed by atoms with Gasteiger partial charge < -0.3 is 5.32 Å². The Labute approximate surface area is 61.4 Å². The molecule has 1 aliphatic heterocycles. The summed E-state index contributed by atoms with van der Waals surface area (Å²) < 4.78 is 0. The van der Waals surface area contributed by atoms with Crippen molar-refractivity contribution >= 4 is 5.91 Å². The summed E-state index contributed by atoms with van der Waals surface area (Å²) >= 11 is 0. The fourth-order valence-electron chi connectivity index (χ4n) is 1.33. The van der Waals surface area contributed by atoms with E-state index in [0.29, 0.717) is 0 Å². The van der Waals surface area contributed by atoms with Gasteiger partial charge >= 0.3 is 0 Å². The van der Waals surface area contributed by atoms with Gasteiger partial charge in [-0.25, -0.2) is 0 Å². The van der Waals surface area contributed by atoms with Crippen molar-refractivity contribution in [2.75, 3.05) is 13.6 Å². The van der Waals surface area contributed by atoms with Crippen LogP contribution in [0.4, 0.5) is 0 Å². The van der Waals surface area contributed by atoms with Gasteiger partial charge in [-0.3, -0.25) is 9.69 Å². The second-order valence-corrected chi connectivity index (χ2v) is 2.84. The van der Waals surface area contributed by atoms with Crippen LogP contribution in [0.15, 0.2) is 0 Å². The molecule has 0 saturated carbocycles. The number of carbonyl (C=O) groups is 1. The molecule has 1 saturated heterocycles. The molecule has 1 fully saturated rings. The van der Waals surface area contributed by atoms with E-state index < -0.39 is 0 Å². The zero-order chi connectivity index (χ0) is 7.56. The van der Waals surface area contributed by atoms with E-state index in [4.69, 9.17) is 0 Å². The first-order valence-electron chi connectivity index (χ1n) is 3.67. The van der Waals surface area contributed by atoms with E-state index in [1.807, 2.05) is 7.05 Å². The molecule has 0 aromatic carbocycles. The first kappa shape index (κ1) is 7.54. The maximum absolute atomic E-state index is 10.6. The van der Waals surface area contributed by atoms with E-state index in [1.165, 1.54) is 6.42 Å². The van der Waals surface area contributed by atoms with Crippen molar-refractivity contribution in [3.63, 3.8) is 0 Å². The fraction of sp³-hybridized carbons (Fsp3) is 0.857. The van der Waals surface area contributed by atoms with E-state index in [0.717, 1.165) is 13.0 Å². The highest BCUT2D eigenvalue weighted by Gasteiger charge is 2.20. The van der Waals surface area contributed by atoms with Crippen LogP contribution >= 0.6 is 0 Å². The summed E-state index contributed by atoms with van der Waals surface area (Å²) in [5, 5.41) is 2.88. The summed E-state index contributed by atoms with van der Waals surface area (Å²) in [6, 6.07) is 0. The normalized spacial score (nSPS) is 26.8. The van der Waals surface area contributed by atoms with Crippen molar-refractivity contribution in [3.8, 4) is 0 Å². The lowest BCUT2D eigenvalue weighted by Gasteiger charge is -2.19. The maximum Gasteiger partial charge on any atom is 0.218 e. The van der Waals surface area contributed by atoms with Gasteiger partial charge in [0.1, 0.15) is 0 Å². The number of amides is 1. The van der Waals surface area contributed by atoms with Gasteiger partial charge in [-0.1, -0.05) is 0 Å². The highest BCUT2D eigenvalue weighted by molar-refractivity contribution is 5.73. The molecule has 3 nitrogen and oxygen atoms in total. The molecule has 10 heavy (non-hydrogen) atoms. The summed E-state index contributed by atoms with van der Waals surface area (Å²) in [5.74, 6) is 0.0683. The van der Waals surface area contributed by atoms with Crippen LogP contribution in [0.1, 0.15) is 19.8 Å². The SMILES string of the molecule is CC(=O)N[C@@H]1CCCN1C. The van der Waals surface area contributed by atoms with Crippen LogP contribution in [0.25, 0.3) is 0 Å². The van der Waals surface area contributed by atoms with Gasteiger partial charge in [0.2, 0.25) is 5.91 Å². The summed E-state index contributed by atoms with van der Waals surface area (Å²) in [5.41, 5.74) is 0. The lowest BCUT2D eigenvalue weighted by Crippen LogP contribution is -2.41. The summed E-state index contributed by atoms with van der Waals surface area (Å²) in [4.78, 5) is 12.8. The van der Waals surface area contributed by atoms with E-state index >= 15 is 0 Å². The minimum atomic E-state index is 0.0683. The molecular formula is C7H14N2O. The van der Waals surface area contributed by atoms with Gasteiger partial charge in [0.05, 0.1) is 6.17 Å². The Hall–Kier alpha value is -0.570. The number of rotatable bonds is 1. The first-order chi connectivity index (χ1) is 4.70. The Morgan fingerprint density at radius 1 is 1.70 bits per heavy atom. The third kappa shape index (κ3) is 1.70. The maximum atomic E-state index is 10.6. The number of nitrogens with zero attached hydrogens (tertiary/aromatic N) is 1. The van der Waals surface area contributed by atoms with Crippen LogP contribution in [-0.2, 0) is 4.79 Å². The molecule has 0 bridgehead atoms. The van der Waals surface area contributed by atoms with Crippen LogP contribution in [0, 0.1) is 0 Å². The molecule has 1 amide bonds. The zero-order valence-electron chi connectivity index (χ0n) is 6.55. The van der Waals surface area contributed by atoms with Crippen molar-refractivity contribution in [1.82, 2.24) is 10.2 Å². The molecule has 0 aromatic heterocycles. The van der Waals surface area contributed by atoms with Gasteiger partial charge in [-0.2, -0.15) is 0 Å². The molecule has 58 valence electrons. The van der Waals surface area contributed by atoms with Crippen molar-refractivity contribution in [2.24, 2.45) is 0 Å². The molecule has 0 aromatic rings. The van der Waals surface area contributed by atoms with E-state index in [1.54, 1.807) is 6.92 Å². The predicted octanol–water partition coefficient (Wildman–Crippen LogP) is 0.174. The molecule has 1 heterocycles. The van der Waals surface area contributed by atoms with Crippen LogP contribution in [0.3, 0.4) is 0 Å². The minimum Gasteiger partial charge on any atom is -0.341 e. The van der Waals surface area contributed by atoms with E-state index in [2.05, 4.69) is 10.2 Å². The number of hydrogen-bond acceptors (Lipinski definition) is 2. The molecule has 0 spiro atoms. The second-order valence-electron chi connectivity index (χ2n) is 2.84. The van der Waals surface area contributed by atoms with Crippen LogP contribution in [0.5, 0.6) is 0 Å². The van der Waals surface area contributed by atoms with Crippen molar-refractivity contribution < 1.29 is 4.79 Å². The molecular weight excluding hydrogens is 128 g/mol. The largest absolute Gasteiger partial charge is 0.341 e. The van der Waals surface area contributed by atoms with Crippen molar-refractivity contribution in [3.05, 3.63) is 0 Å². The Morgan fingerprint density at radius 3 is 2.80 bits per heavy atom. The number of hydrogen-bond donors (Lipinski definition) is 1. The van der Waals surface area contributed by atoms with Gasteiger partial charge in [0.15, 0.2) is 0 Å². The van der Waals surface area contributed by atoms with Gasteiger partial charge in [0, 0.05) is 6.92 Å². The first-order valence-corrected chi connectivity index (χ1v) is 3.67. The molecule has 0 radical (unpaired) electrons. The quantitative estimate of drug-likeness (QED) is 0.566. The van der Waals surface area contributed by atoms with E-state index in [9.17, 15) is 4.79 Å². The zero-order valence-corrected chi connectivity index (χ0v) is 6.55. The lowest BCUT2D eigenvalue weighted by molar-refractivity contribution is -0.120. The molecule has 1 N–H and O–H groups in total. The van der Waals surface area contributed by atoms with Crippen LogP contribution < -0.4 is 5.32 Å². The summed E-state index contributed by atoms with van der Waals surface area (Å²) in [7, 11) is 2.04. The number of carbonyl (C=O) groups excluding carboxylic acids is 1. The molecule has 1 aliphatic rings. The fourth-order valence-corrected chi connectivity index (χ4v) is 1.33. The molecule has 0 unspecified atom stereocenters. The standard InChI is InChI=1S/C7H14N2O/c1-6(10)8-7-4-3-5-9(7)2/h7H,3-5H2,1-2H3,(H,8,10)/t7-/m0/s1. The number of nitrogens with one attached hydrogen (secondary N) is 1. The predicted molar refractivity (Wildman–Crippen MR) is 39.5 cm³/mol. The minimum absolute atomic E-state index is 0.0683. The third-order valence-electron chi connectivity index (χ3n) is 1.89. The summed E-state index contributed by atoms with van der Waals surface area (Å²) in [6.07, 6.45) is 2.58. The highest BCUT2D eigenvalue weighted by Crippen LogP contribution is 2.11. The van der Waals surface area contributed by atoms with Gasteiger partial charge in [-0.05, 0) is 26.4 Å². The molecule has 3 heteroatoms. The lowest BCUT2D eigenvalue weighted by atomic mass is 10.3. The Kier molecular flexibility index (Phi) is 2.27. The highest BCUT2D eigenvalue weighted by atomic mass is 16.1. The second kappa shape index (κ2) is 3.01. The monoisotopic (exact) mass is 142 g/mol. The molecule has 1 rings (SSSR count). The Bertz CT molecular complexity index is 136. The van der Waals surface area contributed by atoms with Crippen LogP contribution in [0.2, 0.25) is 0 Å². The molecule has 0 aliphatic carbocycles. The topological polar surface area (TPSA) is 32.3 Å². The molecule has 1 atom stereocenters. The smallest absolute Gasteiger partial charge is 0.218 e. The van der Waals surface area contributed by atoms with E-state index in [-0.39, 0.29) is 12.1 Å². The third-order valence-corrected chi connectivity index (χ3v) is 1.89. The van der Waals surface area contributed by atoms with Crippen LogP contribution in [-0.4, -0.2) is 30.6 Å². The van der Waals surface area contributed by atoms with Gasteiger partial charge in [-0.15, -0.1) is 0 Å². The summed E-state index contributed by atoms with van der Waals surface area (Å²) in [6.45, 7) is 2.66. The van der Waals surface area contributed by atoms with Crippen molar-refractivity contribution in [2.45, 2.75) is 25.9 Å².